The topological polar surface area (TPSA) is 88.0 Å². The third-order valence-electron chi connectivity index (χ3n) is 13.4. The number of hydrogen-bond donors (Lipinski definition) is 2. The summed E-state index contributed by atoms with van der Waals surface area (Å²) in [7, 11) is 1.45. The first-order valence-electron chi connectivity index (χ1n) is 16.2. The third-order valence-corrected chi connectivity index (χ3v) is 13.4. The van der Waals surface area contributed by atoms with Crippen molar-refractivity contribution < 1.29 is 19.5 Å². The summed E-state index contributed by atoms with van der Waals surface area (Å²) in [4.78, 5) is 30.1. The molecule has 3 unspecified atom stereocenters. The molecule has 2 N–H and O–H groups in total. The summed E-state index contributed by atoms with van der Waals surface area (Å²) in [6, 6.07) is 0.0940. The summed E-state index contributed by atoms with van der Waals surface area (Å²) in [5, 5.41) is 17.5. The number of carboxylic acid groups (broad SMARTS) is 1. The highest BCUT2D eigenvalue weighted by Gasteiger charge is 2.63. The van der Waals surface area contributed by atoms with Crippen LogP contribution < -0.4 is 5.32 Å². The van der Waals surface area contributed by atoms with Crippen molar-refractivity contribution in [2.24, 2.45) is 55.9 Å². The quantitative estimate of drug-likeness (QED) is 0.148. The largest absolute Gasteiger partial charge is 0.481 e. The molecule has 0 aromatic carbocycles. The van der Waals surface area contributed by atoms with Crippen LogP contribution in [-0.4, -0.2) is 36.3 Å². The van der Waals surface area contributed by atoms with E-state index in [1.54, 1.807) is 0 Å². The molecular weight excluding hydrogens is 512 g/mol. The Balaban J connectivity index is 1.89. The molecule has 0 aromatic rings. The Morgan fingerprint density at radius 2 is 1.78 bits per heavy atom. The number of amides is 1. The van der Waals surface area contributed by atoms with E-state index in [1.165, 1.54) is 19.7 Å². The van der Waals surface area contributed by atoms with Gasteiger partial charge in [0.2, 0.25) is 0 Å². The van der Waals surface area contributed by atoms with Crippen molar-refractivity contribution in [2.45, 2.75) is 133 Å². The molecule has 3 aliphatic rings. The Labute approximate surface area is 250 Å². The predicted molar refractivity (Wildman–Crippen MR) is 168 cm³/mol. The summed E-state index contributed by atoms with van der Waals surface area (Å²) in [6.45, 7) is 25.3. The van der Waals surface area contributed by atoms with Crippen LogP contribution in [0.1, 0.15) is 127 Å². The number of carboxylic acids is 1. The standard InChI is InChI=1S/C35H60N2O4/c1-12-13-27-33(9)17-16-28(37-29(38)22-36-41-11)32(7,8)26(33)15-18-34(27,10)31(5,6)20-21-35(30(39)40)19-14-25(23(2)3)24(35)4/h22,24-28H,2,12-21H2,1,3-11H3,(H,37,38)(H,39,40)/b36-22+/t24?,25-,26?,27?,28-,33-,34+,35-/m0/s1. The molecule has 0 radical (unpaired) electrons. The number of hydrogen-bond acceptors (Lipinski definition) is 4. The van der Waals surface area contributed by atoms with Gasteiger partial charge in [-0.3, -0.25) is 9.59 Å². The summed E-state index contributed by atoms with van der Waals surface area (Å²) >= 11 is 0. The van der Waals surface area contributed by atoms with Gasteiger partial charge in [0.15, 0.2) is 0 Å². The number of aliphatic carboxylic acids is 1. The highest BCUT2D eigenvalue weighted by molar-refractivity contribution is 6.26. The second-order valence-electron chi connectivity index (χ2n) is 15.8. The number of nitrogens with zero attached hydrogens (tertiary/aromatic N) is 1. The lowest BCUT2D eigenvalue weighted by atomic mass is 9.38. The number of oxime groups is 1. The van der Waals surface area contributed by atoms with E-state index < -0.39 is 11.4 Å². The van der Waals surface area contributed by atoms with Crippen LogP contribution in [0, 0.1) is 50.7 Å². The monoisotopic (exact) mass is 572 g/mol. The van der Waals surface area contributed by atoms with Gasteiger partial charge in [-0.25, -0.2) is 0 Å². The molecule has 1 amide bonds. The average molecular weight is 573 g/mol. The summed E-state index contributed by atoms with van der Waals surface area (Å²) in [5.41, 5.74) is 0.661. The molecule has 234 valence electrons. The Morgan fingerprint density at radius 1 is 1.12 bits per heavy atom. The van der Waals surface area contributed by atoms with Crippen LogP contribution >= 0.6 is 0 Å². The fraction of sp³-hybridized carbons (Fsp3) is 0.857. The molecule has 41 heavy (non-hydrogen) atoms. The van der Waals surface area contributed by atoms with Gasteiger partial charge in [0.25, 0.3) is 5.91 Å². The second-order valence-corrected chi connectivity index (χ2v) is 15.8. The van der Waals surface area contributed by atoms with E-state index in [1.807, 2.05) is 0 Å². The van der Waals surface area contributed by atoms with E-state index in [9.17, 15) is 14.7 Å². The van der Waals surface area contributed by atoms with Crippen molar-refractivity contribution in [3.8, 4) is 0 Å². The third kappa shape index (κ3) is 5.75. The zero-order valence-corrected chi connectivity index (χ0v) is 27.9. The van der Waals surface area contributed by atoms with Crippen LogP contribution in [0.4, 0.5) is 0 Å². The fourth-order valence-corrected chi connectivity index (χ4v) is 10.4. The first-order chi connectivity index (χ1) is 18.9. The maximum Gasteiger partial charge on any atom is 0.309 e. The minimum absolute atomic E-state index is 0.00385. The normalized spacial score (nSPS) is 38.8. The minimum atomic E-state index is -0.664. The maximum absolute atomic E-state index is 12.8. The lowest BCUT2D eigenvalue weighted by molar-refractivity contribution is -0.179. The highest BCUT2D eigenvalue weighted by atomic mass is 16.6. The molecule has 0 heterocycles. The molecular formula is C35H60N2O4. The number of fused-ring (bicyclic) bond motifs is 1. The Morgan fingerprint density at radius 3 is 2.32 bits per heavy atom. The van der Waals surface area contributed by atoms with Gasteiger partial charge in [-0.2, -0.15) is 0 Å². The maximum atomic E-state index is 12.8. The van der Waals surface area contributed by atoms with Crippen molar-refractivity contribution in [3.63, 3.8) is 0 Å². The Kier molecular flexibility index (Phi) is 9.88. The number of carbonyl (C=O) groups excluding carboxylic acids is 1. The molecule has 0 spiro atoms. The Hall–Kier alpha value is -1.85. The molecule has 0 bridgehead atoms. The zero-order valence-electron chi connectivity index (χ0n) is 27.9. The van der Waals surface area contributed by atoms with Crippen molar-refractivity contribution in [1.82, 2.24) is 5.32 Å². The Bertz CT molecular complexity index is 1020. The number of allylic oxidation sites excluding steroid dienone is 1. The van der Waals surface area contributed by atoms with Crippen LogP contribution in [0.3, 0.4) is 0 Å². The minimum Gasteiger partial charge on any atom is -0.481 e. The van der Waals surface area contributed by atoms with Crippen LogP contribution in [-0.2, 0) is 14.4 Å². The molecule has 3 rings (SSSR count). The van der Waals surface area contributed by atoms with E-state index in [-0.39, 0.29) is 39.5 Å². The van der Waals surface area contributed by atoms with Crippen LogP contribution in [0.15, 0.2) is 17.3 Å². The molecule has 3 saturated carbocycles. The van der Waals surface area contributed by atoms with Crippen LogP contribution in [0.5, 0.6) is 0 Å². The predicted octanol–water partition coefficient (Wildman–Crippen LogP) is 8.26. The summed E-state index contributed by atoms with van der Waals surface area (Å²) < 4.78 is 0. The molecule has 0 aromatic heterocycles. The molecule has 0 aliphatic heterocycles. The molecule has 6 heteroatoms. The number of rotatable bonds is 11. The van der Waals surface area contributed by atoms with Crippen molar-refractivity contribution in [2.75, 3.05) is 7.11 Å². The molecule has 0 saturated heterocycles. The number of carbonyl (C=O) groups is 2. The first-order valence-corrected chi connectivity index (χ1v) is 16.2. The average Bonchev–Trinajstić information content (AvgIpc) is 3.23. The van der Waals surface area contributed by atoms with Gasteiger partial charge >= 0.3 is 5.97 Å². The van der Waals surface area contributed by atoms with Crippen molar-refractivity contribution in [3.05, 3.63) is 12.2 Å². The van der Waals surface area contributed by atoms with E-state index in [2.05, 4.69) is 79.4 Å². The van der Waals surface area contributed by atoms with Crippen LogP contribution in [0.25, 0.3) is 0 Å². The lowest BCUT2D eigenvalue weighted by Gasteiger charge is -2.67. The van der Waals surface area contributed by atoms with Gasteiger partial charge in [0, 0.05) is 6.04 Å². The van der Waals surface area contributed by atoms with Gasteiger partial charge in [0.05, 0.1) is 5.41 Å². The van der Waals surface area contributed by atoms with Gasteiger partial charge < -0.3 is 15.3 Å². The smallest absolute Gasteiger partial charge is 0.309 e. The van der Waals surface area contributed by atoms with Gasteiger partial charge in [0.1, 0.15) is 13.3 Å². The van der Waals surface area contributed by atoms with E-state index in [0.29, 0.717) is 17.8 Å². The van der Waals surface area contributed by atoms with E-state index in [4.69, 9.17) is 4.84 Å². The van der Waals surface area contributed by atoms with Gasteiger partial charge in [-0.15, -0.1) is 0 Å². The molecule has 3 fully saturated rings. The second kappa shape index (κ2) is 12.0. The number of nitrogens with one attached hydrogen (secondary N) is 1. The van der Waals surface area contributed by atoms with E-state index in [0.717, 1.165) is 63.4 Å². The van der Waals surface area contributed by atoms with Crippen LogP contribution in [0.2, 0.25) is 0 Å². The fourth-order valence-electron chi connectivity index (χ4n) is 10.4. The van der Waals surface area contributed by atoms with Gasteiger partial charge in [-0.05, 0) is 110 Å². The highest BCUT2D eigenvalue weighted by Crippen LogP contribution is 2.69. The lowest BCUT2D eigenvalue weighted by Crippen LogP contribution is -2.63. The molecule has 8 atom stereocenters. The SMILES string of the molecule is C=C(C)[C@@H]1CC[C@@](CCC(C)(C)[C@]2(C)CCC3C(C)(C)[C@@H](NC(=O)/C=N/OC)CC[C@]3(C)C2CCC)(C(=O)O)C1C. The van der Waals surface area contributed by atoms with Gasteiger partial charge in [-0.1, -0.05) is 79.1 Å². The van der Waals surface area contributed by atoms with Crippen molar-refractivity contribution >= 4 is 18.1 Å². The first kappa shape index (κ1) is 33.6. The zero-order chi connectivity index (χ0) is 31.0. The summed E-state index contributed by atoms with van der Waals surface area (Å²) in [6.07, 6.45) is 11.2. The summed E-state index contributed by atoms with van der Waals surface area (Å²) in [5.74, 6) is 0.623. The van der Waals surface area contributed by atoms with Crippen molar-refractivity contribution in [1.29, 1.82) is 0 Å². The van der Waals surface area contributed by atoms with E-state index >= 15 is 0 Å². The molecule has 6 nitrogen and oxygen atoms in total. The molecule has 3 aliphatic carbocycles.